The average Bonchev–Trinajstić information content (AvgIpc) is 3.15. The number of amides is 2. The van der Waals surface area contributed by atoms with Gasteiger partial charge in [-0.2, -0.15) is 0 Å². The Labute approximate surface area is 149 Å². The van der Waals surface area contributed by atoms with E-state index < -0.39 is 0 Å². The van der Waals surface area contributed by atoms with Crippen molar-refractivity contribution in [3.63, 3.8) is 0 Å². The number of halogens is 1. The van der Waals surface area contributed by atoms with Crippen molar-refractivity contribution in [2.75, 3.05) is 31.9 Å². The molecule has 0 atom stereocenters. The Hall–Kier alpha value is -1.92. The largest absolute Gasteiger partial charge is 0.472 e. The third kappa shape index (κ3) is 3.94. The fraction of sp³-hybridized carbons (Fsp3) is 0.294. The Morgan fingerprint density at radius 1 is 1.08 bits per heavy atom. The van der Waals surface area contributed by atoms with Gasteiger partial charge in [-0.1, -0.05) is 23.7 Å². The van der Waals surface area contributed by atoms with Crippen LogP contribution in [0.15, 0.2) is 52.2 Å². The number of nitrogens with zero attached hydrogens (tertiary/aromatic N) is 2. The van der Waals surface area contributed by atoms with Crippen molar-refractivity contribution in [3.05, 3.63) is 53.4 Å². The molecule has 2 aromatic rings. The van der Waals surface area contributed by atoms with Crippen LogP contribution in [-0.2, 0) is 4.79 Å². The van der Waals surface area contributed by atoms with E-state index in [4.69, 9.17) is 16.0 Å². The van der Waals surface area contributed by atoms with Crippen molar-refractivity contribution in [3.8, 4) is 0 Å². The van der Waals surface area contributed by atoms with E-state index >= 15 is 0 Å². The van der Waals surface area contributed by atoms with Gasteiger partial charge in [0.1, 0.15) is 6.26 Å². The lowest BCUT2D eigenvalue weighted by Gasteiger charge is -2.34. The summed E-state index contributed by atoms with van der Waals surface area (Å²) < 4.78 is 4.94. The van der Waals surface area contributed by atoms with Crippen LogP contribution >= 0.6 is 23.4 Å². The van der Waals surface area contributed by atoms with E-state index in [2.05, 4.69) is 0 Å². The first kappa shape index (κ1) is 16.9. The molecule has 1 aromatic carbocycles. The Balaban J connectivity index is 1.48. The maximum atomic E-state index is 12.3. The standard InChI is InChI=1S/C17H17ClN2O3S/c18-14-3-1-2-4-15(14)24-12-16(21)19-6-8-20(9-7-19)17(22)13-5-10-23-11-13/h1-5,10-11H,6-9,12H2. The number of piperazine rings is 1. The molecular weight excluding hydrogens is 348 g/mol. The molecule has 0 N–H and O–H groups in total. The zero-order valence-corrected chi connectivity index (χ0v) is 14.6. The topological polar surface area (TPSA) is 53.8 Å². The number of carbonyl (C=O) groups is 2. The second-order valence-corrected chi connectivity index (χ2v) is 6.83. The van der Waals surface area contributed by atoms with Gasteiger partial charge < -0.3 is 14.2 Å². The van der Waals surface area contributed by atoms with Crippen LogP contribution in [0.25, 0.3) is 0 Å². The van der Waals surface area contributed by atoms with Crippen molar-refractivity contribution in [1.29, 1.82) is 0 Å². The molecule has 3 rings (SSSR count). The van der Waals surface area contributed by atoms with E-state index in [-0.39, 0.29) is 11.8 Å². The van der Waals surface area contributed by atoms with Crippen LogP contribution in [0.1, 0.15) is 10.4 Å². The van der Waals surface area contributed by atoms with E-state index in [1.807, 2.05) is 24.3 Å². The van der Waals surface area contributed by atoms with Crippen molar-refractivity contribution < 1.29 is 14.0 Å². The molecule has 5 nitrogen and oxygen atoms in total. The zero-order valence-electron chi connectivity index (χ0n) is 13.0. The summed E-state index contributed by atoms with van der Waals surface area (Å²) in [7, 11) is 0. The van der Waals surface area contributed by atoms with Crippen LogP contribution in [-0.4, -0.2) is 53.5 Å². The summed E-state index contributed by atoms with van der Waals surface area (Å²) in [6.07, 6.45) is 2.93. The third-order valence-corrected chi connectivity index (χ3v) is 5.38. The Morgan fingerprint density at radius 3 is 2.46 bits per heavy atom. The minimum atomic E-state index is -0.0544. The average molecular weight is 365 g/mol. The van der Waals surface area contributed by atoms with Gasteiger partial charge in [-0.05, 0) is 18.2 Å². The van der Waals surface area contributed by atoms with Crippen molar-refractivity contribution in [1.82, 2.24) is 9.80 Å². The predicted molar refractivity (Wildman–Crippen MR) is 93.4 cm³/mol. The Bertz CT molecular complexity index is 712. The molecule has 24 heavy (non-hydrogen) atoms. The van der Waals surface area contributed by atoms with Crippen molar-refractivity contribution in [2.24, 2.45) is 0 Å². The number of hydrogen-bond donors (Lipinski definition) is 0. The number of rotatable bonds is 4. The van der Waals surface area contributed by atoms with Crippen LogP contribution in [0.4, 0.5) is 0 Å². The summed E-state index contributed by atoms with van der Waals surface area (Å²) in [4.78, 5) is 29.0. The molecule has 1 fully saturated rings. The summed E-state index contributed by atoms with van der Waals surface area (Å²) in [6, 6.07) is 9.14. The van der Waals surface area contributed by atoms with E-state index in [1.54, 1.807) is 15.9 Å². The fourth-order valence-corrected chi connectivity index (χ4v) is 3.66. The van der Waals surface area contributed by atoms with Crippen LogP contribution in [0.5, 0.6) is 0 Å². The Morgan fingerprint density at radius 2 is 1.79 bits per heavy atom. The molecule has 1 saturated heterocycles. The molecule has 0 spiro atoms. The molecule has 1 aliphatic rings. The molecule has 1 aromatic heterocycles. The highest BCUT2D eigenvalue weighted by Crippen LogP contribution is 2.26. The van der Waals surface area contributed by atoms with Crippen LogP contribution < -0.4 is 0 Å². The predicted octanol–water partition coefficient (Wildman–Crippen LogP) is 3.01. The number of furan rings is 1. The van der Waals surface area contributed by atoms with E-state index in [1.165, 1.54) is 24.3 Å². The molecule has 1 aliphatic heterocycles. The molecule has 0 unspecified atom stereocenters. The maximum absolute atomic E-state index is 12.3. The van der Waals surface area contributed by atoms with Gasteiger partial charge >= 0.3 is 0 Å². The van der Waals surface area contributed by atoms with E-state index in [9.17, 15) is 9.59 Å². The molecule has 0 radical (unpaired) electrons. The van der Waals surface area contributed by atoms with Gasteiger partial charge in [0.05, 0.1) is 22.6 Å². The summed E-state index contributed by atoms with van der Waals surface area (Å²) in [5.41, 5.74) is 0.545. The summed E-state index contributed by atoms with van der Waals surface area (Å²) in [6.45, 7) is 2.16. The van der Waals surface area contributed by atoms with Gasteiger partial charge in [-0.3, -0.25) is 9.59 Å². The Kier molecular flexibility index (Phi) is 5.48. The van der Waals surface area contributed by atoms with Gasteiger partial charge in [-0.25, -0.2) is 0 Å². The lowest BCUT2D eigenvalue weighted by Crippen LogP contribution is -2.51. The summed E-state index contributed by atoms with van der Waals surface area (Å²) >= 11 is 7.54. The quantitative estimate of drug-likeness (QED) is 0.782. The van der Waals surface area contributed by atoms with Crippen LogP contribution in [0.3, 0.4) is 0 Å². The number of carbonyl (C=O) groups excluding carboxylic acids is 2. The van der Waals surface area contributed by atoms with Gasteiger partial charge in [0, 0.05) is 31.1 Å². The lowest BCUT2D eigenvalue weighted by molar-refractivity contribution is -0.129. The smallest absolute Gasteiger partial charge is 0.257 e. The number of hydrogen-bond acceptors (Lipinski definition) is 4. The molecule has 0 aliphatic carbocycles. The highest BCUT2D eigenvalue weighted by molar-refractivity contribution is 8.00. The van der Waals surface area contributed by atoms with Gasteiger partial charge in [0.15, 0.2) is 0 Å². The lowest BCUT2D eigenvalue weighted by atomic mass is 10.2. The van der Waals surface area contributed by atoms with Gasteiger partial charge in [0.2, 0.25) is 5.91 Å². The second kappa shape index (κ2) is 7.77. The minimum absolute atomic E-state index is 0.0544. The highest BCUT2D eigenvalue weighted by Gasteiger charge is 2.25. The fourth-order valence-electron chi connectivity index (χ4n) is 2.52. The molecule has 2 amide bonds. The molecule has 7 heteroatoms. The molecule has 2 heterocycles. The monoisotopic (exact) mass is 364 g/mol. The number of thioether (sulfide) groups is 1. The second-order valence-electron chi connectivity index (χ2n) is 5.40. The first-order chi connectivity index (χ1) is 11.6. The van der Waals surface area contributed by atoms with Gasteiger partial charge in [-0.15, -0.1) is 11.8 Å². The molecule has 0 bridgehead atoms. The van der Waals surface area contributed by atoms with Crippen molar-refractivity contribution >= 4 is 35.2 Å². The highest BCUT2D eigenvalue weighted by atomic mass is 35.5. The minimum Gasteiger partial charge on any atom is -0.472 e. The van der Waals surface area contributed by atoms with Crippen molar-refractivity contribution in [2.45, 2.75) is 4.90 Å². The zero-order chi connectivity index (χ0) is 16.9. The van der Waals surface area contributed by atoms with Crippen LogP contribution in [0, 0.1) is 0 Å². The SMILES string of the molecule is O=C(CSc1ccccc1Cl)N1CCN(C(=O)c2ccoc2)CC1. The first-order valence-electron chi connectivity index (χ1n) is 7.62. The summed E-state index contributed by atoms with van der Waals surface area (Å²) in [5.74, 6) is 0.357. The van der Waals surface area contributed by atoms with E-state index in [0.717, 1.165) is 4.90 Å². The number of benzene rings is 1. The molecular formula is C17H17ClN2O3S. The summed E-state index contributed by atoms with van der Waals surface area (Å²) in [5, 5.41) is 0.658. The van der Waals surface area contributed by atoms with Gasteiger partial charge in [0.25, 0.3) is 5.91 Å². The third-order valence-electron chi connectivity index (χ3n) is 3.88. The van der Waals surface area contributed by atoms with Crippen LogP contribution in [0.2, 0.25) is 5.02 Å². The first-order valence-corrected chi connectivity index (χ1v) is 8.98. The maximum Gasteiger partial charge on any atom is 0.257 e. The molecule has 0 saturated carbocycles. The molecule has 126 valence electrons. The van der Waals surface area contributed by atoms with E-state index in [0.29, 0.717) is 42.5 Å². The normalized spacial score (nSPS) is 14.7.